The molecule has 1 fully saturated rings. The van der Waals surface area contributed by atoms with Crippen LogP contribution >= 0.6 is 15.9 Å². The fraction of sp³-hybridized carbons (Fsp3) is 0.400. The number of carbonyl (C=O) groups excluding carboxylic acids is 1. The number of hydrogen-bond acceptors (Lipinski definition) is 6. The molecule has 1 N–H and O–H groups in total. The van der Waals surface area contributed by atoms with Crippen molar-refractivity contribution in [3.05, 3.63) is 64.5 Å². The van der Waals surface area contributed by atoms with Crippen LogP contribution in [0.5, 0.6) is 5.75 Å². The first-order valence-electron chi connectivity index (χ1n) is 11.3. The molecule has 0 spiro atoms. The maximum absolute atomic E-state index is 12.6. The van der Waals surface area contributed by atoms with Crippen molar-refractivity contribution in [2.45, 2.75) is 32.2 Å². The number of carbonyl (C=O) groups is 1. The number of methoxy groups -OCH3 is 1. The Balaban J connectivity index is 1.17. The predicted octanol–water partition coefficient (Wildman–Crippen LogP) is 4.47. The molecule has 0 saturated carbocycles. The van der Waals surface area contributed by atoms with Crippen LogP contribution in [0.15, 0.2) is 57.5 Å². The average molecular weight is 513 g/mol. The van der Waals surface area contributed by atoms with Crippen LogP contribution in [0.4, 0.5) is 0 Å². The van der Waals surface area contributed by atoms with Gasteiger partial charge in [-0.15, -0.1) is 0 Å². The topological polar surface area (TPSA) is 80.5 Å². The minimum absolute atomic E-state index is 0.0676. The van der Waals surface area contributed by atoms with Gasteiger partial charge >= 0.3 is 0 Å². The third kappa shape index (κ3) is 6.65. The molecular weight excluding hydrogens is 484 g/mol. The van der Waals surface area contributed by atoms with E-state index < -0.39 is 0 Å². The van der Waals surface area contributed by atoms with Crippen molar-refractivity contribution in [2.24, 2.45) is 5.92 Å². The lowest BCUT2D eigenvalue weighted by atomic mass is 9.96. The second-order valence-electron chi connectivity index (χ2n) is 8.32. The van der Waals surface area contributed by atoms with Gasteiger partial charge in [0.25, 0.3) is 0 Å². The van der Waals surface area contributed by atoms with Gasteiger partial charge in [-0.2, -0.15) is 4.98 Å². The first kappa shape index (κ1) is 23.4. The summed E-state index contributed by atoms with van der Waals surface area (Å²) in [6.45, 7) is 2.99. The Bertz CT molecular complexity index is 1060. The summed E-state index contributed by atoms with van der Waals surface area (Å²) < 4.78 is 11.7. The molecule has 2 aromatic carbocycles. The molecule has 33 heavy (non-hydrogen) atoms. The molecule has 1 aromatic heterocycles. The van der Waals surface area contributed by atoms with Gasteiger partial charge in [0.15, 0.2) is 0 Å². The van der Waals surface area contributed by atoms with Gasteiger partial charge in [-0.05, 0) is 68.6 Å². The Hall–Kier alpha value is -2.71. The van der Waals surface area contributed by atoms with Gasteiger partial charge in [-0.3, -0.25) is 9.69 Å². The number of amides is 1. The van der Waals surface area contributed by atoms with Gasteiger partial charge in [-0.25, -0.2) is 0 Å². The van der Waals surface area contributed by atoms with E-state index >= 15 is 0 Å². The molecule has 2 heterocycles. The van der Waals surface area contributed by atoms with Gasteiger partial charge in [0.1, 0.15) is 5.75 Å². The normalized spacial score (nSPS) is 14.8. The summed E-state index contributed by atoms with van der Waals surface area (Å²) in [6.07, 6.45) is 3.51. The molecule has 174 valence electrons. The monoisotopic (exact) mass is 512 g/mol. The molecule has 4 rings (SSSR count). The highest BCUT2D eigenvalue weighted by Gasteiger charge is 2.25. The lowest BCUT2D eigenvalue weighted by Gasteiger charge is -2.30. The SMILES string of the molecule is COc1cccc(CCCNC(=O)C2CCN(Cc3nc(-c4cccc(Br)c4)no3)CC2)c1. The maximum atomic E-state index is 12.6. The summed E-state index contributed by atoms with van der Waals surface area (Å²) in [5.41, 5.74) is 2.14. The average Bonchev–Trinajstić information content (AvgIpc) is 3.31. The van der Waals surface area contributed by atoms with Crippen molar-refractivity contribution >= 4 is 21.8 Å². The third-order valence-corrected chi connectivity index (χ3v) is 6.44. The molecule has 3 aromatic rings. The minimum atomic E-state index is 0.0676. The highest BCUT2D eigenvalue weighted by Crippen LogP contribution is 2.22. The number of nitrogens with zero attached hydrogens (tertiary/aromatic N) is 3. The van der Waals surface area contributed by atoms with E-state index in [9.17, 15) is 4.79 Å². The van der Waals surface area contributed by atoms with Crippen LogP contribution in [0.1, 0.15) is 30.7 Å². The van der Waals surface area contributed by atoms with Crippen molar-refractivity contribution in [3.63, 3.8) is 0 Å². The van der Waals surface area contributed by atoms with Gasteiger partial charge in [0.05, 0.1) is 13.7 Å². The first-order valence-corrected chi connectivity index (χ1v) is 12.1. The molecule has 8 heteroatoms. The highest BCUT2D eigenvalue weighted by atomic mass is 79.9. The molecule has 7 nitrogen and oxygen atoms in total. The summed E-state index contributed by atoms with van der Waals surface area (Å²) in [7, 11) is 1.67. The molecule has 1 aliphatic rings. The number of likely N-dealkylation sites (tertiary alicyclic amines) is 1. The Kier molecular flexibility index (Phi) is 8.12. The number of rotatable bonds is 9. The fourth-order valence-electron chi connectivity index (χ4n) is 4.08. The highest BCUT2D eigenvalue weighted by molar-refractivity contribution is 9.10. The van der Waals surface area contributed by atoms with Gasteiger partial charge < -0.3 is 14.6 Å². The van der Waals surface area contributed by atoms with Crippen molar-refractivity contribution in [1.29, 1.82) is 0 Å². The van der Waals surface area contributed by atoms with Gasteiger partial charge in [0, 0.05) is 22.5 Å². The number of benzene rings is 2. The summed E-state index contributed by atoms with van der Waals surface area (Å²) in [5.74, 6) is 2.29. The summed E-state index contributed by atoms with van der Waals surface area (Å²) in [5, 5.41) is 7.21. The van der Waals surface area contributed by atoms with E-state index in [-0.39, 0.29) is 11.8 Å². The van der Waals surface area contributed by atoms with Crippen LogP contribution in [0.3, 0.4) is 0 Å². The second-order valence-corrected chi connectivity index (χ2v) is 9.23. The van der Waals surface area contributed by atoms with Crippen molar-refractivity contribution in [1.82, 2.24) is 20.4 Å². The fourth-order valence-corrected chi connectivity index (χ4v) is 4.48. The van der Waals surface area contributed by atoms with E-state index in [0.29, 0.717) is 24.8 Å². The molecule has 0 atom stereocenters. The van der Waals surface area contributed by atoms with E-state index in [1.165, 1.54) is 5.56 Å². The summed E-state index contributed by atoms with van der Waals surface area (Å²) in [6, 6.07) is 15.9. The standard InChI is InChI=1S/C25H29BrN4O3/c1-32-22-9-2-5-18(15-22)6-4-12-27-25(31)19-10-13-30(14-11-19)17-23-28-24(29-33-23)20-7-3-8-21(26)16-20/h2-3,5,7-9,15-16,19H,4,6,10-14,17H2,1H3,(H,27,31). The zero-order chi connectivity index (χ0) is 23.0. The molecular formula is C25H29BrN4O3. The van der Waals surface area contributed by atoms with Crippen molar-refractivity contribution in [2.75, 3.05) is 26.7 Å². The smallest absolute Gasteiger partial charge is 0.241 e. The first-order chi connectivity index (χ1) is 16.1. The van der Waals surface area contributed by atoms with E-state index in [1.807, 2.05) is 42.5 Å². The van der Waals surface area contributed by atoms with Crippen LogP contribution < -0.4 is 10.1 Å². The van der Waals surface area contributed by atoms with Crippen LogP contribution in [-0.4, -0.2) is 47.7 Å². The van der Waals surface area contributed by atoms with E-state index in [4.69, 9.17) is 9.26 Å². The quantitative estimate of drug-likeness (QED) is 0.426. The largest absolute Gasteiger partial charge is 0.497 e. The number of piperidine rings is 1. The summed E-state index contributed by atoms with van der Waals surface area (Å²) >= 11 is 3.47. The Morgan fingerprint density at radius 2 is 2.03 bits per heavy atom. The van der Waals surface area contributed by atoms with Crippen LogP contribution in [-0.2, 0) is 17.8 Å². The van der Waals surface area contributed by atoms with Crippen LogP contribution in [0.25, 0.3) is 11.4 Å². The zero-order valence-electron chi connectivity index (χ0n) is 18.8. The minimum Gasteiger partial charge on any atom is -0.497 e. The Labute approximate surface area is 202 Å². The van der Waals surface area contributed by atoms with E-state index in [2.05, 4.69) is 42.4 Å². The second kappa shape index (κ2) is 11.4. The zero-order valence-corrected chi connectivity index (χ0v) is 20.4. The lowest BCUT2D eigenvalue weighted by molar-refractivity contribution is -0.126. The number of halogens is 1. The van der Waals surface area contributed by atoms with Gasteiger partial charge in [-0.1, -0.05) is 45.4 Å². The molecule has 0 radical (unpaired) electrons. The number of hydrogen-bond donors (Lipinski definition) is 1. The molecule has 0 aliphatic carbocycles. The molecule has 0 bridgehead atoms. The van der Waals surface area contributed by atoms with Crippen molar-refractivity contribution < 1.29 is 14.1 Å². The molecule has 0 unspecified atom stereocenters. The lowest BCUT2D eigenvalue weighted by Crippen LogP contribution is -2.40. The van der Waals surface area contributed by atoms with E-state index in [1.54, 1.807) is 7.11 Å². The van der Waals surface area contributed by atoms with Crippen LogP contribution in [0.2, 0.25) is 0 Å². The number of aromatic nitrogens is 2. The maximum Gasteiger partial charge on any atom is 0.241 e. The van der Waals surface area contributed by atoms with Crippen LogP contribution in [0, 0.1) is 5.92 Å². The van der Waals surface area contributed by atoms with Gasteiger partial charge in [0.2, 0.25) is 17.6 Å². The van der Waals surface area contributed by atoms with E-state index in [0.717, 1.165) is 54.6 Å². The number of aryl methyl sites for hydroxylation is 1. The Morgan fingerprint density at radius 1 is 1.21 bits per heavy atom. The Morgan fingerprint density at radius 3 is 2.82 bits per heavy atom. The molecule has 1 saturated heterocycles. The van der Waals surface area contributed by atoms with Crippen molar-refractivity contribution in [3.8, 4) is 17.1 Å². The number of nitrogens with one attached hydrogen (secondary N) is 1. The molecule has 1 aliphatic heterocycles. The predicted molar refractivity (Wildman–Crippen MR) is 130 cm³/mol. The molecule has 1 amide bonds. The number of ether oxygens (including phenoxy) is 1. The summed E-state index contributed by atoms with van der Waals surface area (Å²) in [4.78, 5) is 19.4. The third-order valence-electron chi connectivity index (χ3n) is 5.94.